The molecule has 3 heterocycles. The van der Waals surface area contributed by atoms with Gasteiger partial charge < -0.3 is 9.80 Å². The topological polar surface area (TPSA) is 57.5 Å². The van der Waals surface area contributed by atoms with Gasteiger partial charge in [0.2, 0.25) is 0 Å². The maximum absolute atomic E-state index is 12.9. The minimum atomic E-state index is 0.115. The third kappa shape index (κ3) is 4.36. The van der Waals surface area contributed by atoms with Crippen LogP contribution in [-0.2, 0) is 0 Å². The number of carbonyl (C=O) groups excluding carboxylic acids is 1. The molecule has 0 unspecified atom stereocenters. The fourth-order valence-corrected chi connectivity index (χ4v) is 4.06. The van der Waals surface area contributed by atoms with Crippen molar-refractivity contribution >= 4 is 5.91 Å². The lowest BCUT2D eigenvalue weighted by Crippen LogP contribution is -2.50. The highest BCUT2D eigenvalue weighted by Gasteiger charge is 2.25. The highest BCUT2D eigenvalue weighted by atomic mass is 16.2. The van der Waals surface area contributed by atoms with Crippen LogP contribution in [0.1, 0.15) is 23.2 Å². The highest BCUT2D eigenvalue weighted by Crippen LogP contribution is 2.19. The maximum Gasteiger partial charge on any atom is 0.254 e. The summed E-state index contributed by atoms with van der Waals surface area (Å²) in [6.45, 7) is 7.17. The first kappa shape index (κ1) is 18.1. The first-order valence-corrected chi connectivity index (χ1v) is 9.84. The number of amides is 1. The Bertz CT molecular complexity index is 746. The quantitative estimate of drug-likeness (QED) is 0.816. The largest absolute Gasteiger partial charge is 0.336 e. The van der Waals surface area contributed by atoms with Gasteiger partial charge in [0.05, 0.1) is 0 Å². The molecule has 27 heavy (non-hydrogen) atoms. The average molecular weight is 368 g/mol. The van der Waals surface area contributed by atoms with Gasteiger partial charge in [0.25, 0.3) is 5.91 Å². The molecule has 2 aliphatic heterocycles. The molecule has 7 heteroatoms. The number of hydrogen-bond donors (Lipinski definition) is 0. The summed E-state index contributed by atoms with van der Waals surface area (Å²) in [6.07, 6.45) is 5.88. The van der Waals surface area contributed by atoms with Gasteiger partial charge in [0.15, 0.2) is 0 Å². The lowest BCUT2D eigenvalue weighted by molar-refractivity contribution is 0.0594. The molecule has 0 aliphatic carbocycles. The van der Waals surface area contributed by atoms with Crippen molar-refractivity contribution in [1.29, 1.82) is 0 Å². The summed E-state index contributed by atoms with van der Waals surface area (Å²) in [4.78, 5) is 19.9. The Morgan fingerprint density at radius 1 is 1.04 bits per heavy atom. The second-order valence-electron chi connectivity index (χ2n) is 7.76. The van der Waals surface area contributed by atoms with Crippen LogP contribution in [0.2, 0.25) is 0 Å². The molecule has 0 bridgehead atoms. The summed E-state index contributed by atoms with van der Waals surface area (Å²) in [5.74, 6) is 0.924. The molecule has 0 atom stereocenters. The number of hydrogen-bond acceptors (Lipinski definition) is 5. The van der Waals surface area contributed by atoms with Crippen LogP contribution >= 0.6 is 0 Å². The predicted molar refractivity (Wildman–Crippen MR) is 104 cm³/mol. The van der Waals surface area contributed by atoms with Gasteiger partial charge >= 0.3 is 0 Å². The number of nitrogens with zero attached hydrogens (tertiary/aromatic N) is 6. The molecule has 2 saturated heterocycles. The van der Waals surface area contributed by atoms with Crippen LogP contribution < -0.4 is 0 Å². The minimum absolute atomic E-state index is 0.115. The molecule has 0 spiro atoms. The average Bonchev–Trinajstić information content (AvgIpc) is 3.25. The summed E-state index contributed by atoms with van der Waals surface area (Å²) >= 11 is 0. The van der Waals surface area contributed by atoms with Crippen molar-refractivity contribution in [3.05, 3.63) is 42.5 Å². The van der Waals surface area contributed by atoms with Crippen LogP contribution in [0.25, 0.3) is 5.69 Å². The van der Waals surface area contributed by atoms with E-state index in [9.17, 15) is 4.79 Å². The minimum Gasteiger partial charge on any atom is -0.336 e. The Morgan fingerprint density at radius 3 is 2.44 bits per heavy atom. The van der Waals surface area contributed by atoms with E-state index in [0.29, 0.717) is 0 Å². The molecule has 1 aromatic heterocycles. The number of piperazine rings is 1. The summed E-state index contributed by atoms with van der Waals surface area (Å²) in [5.41, 5.74) is 1.64. The van der Waals surface area contributed by atoms with Crippen LogP contribution in [0.15, 0.2) is 36.9 Å². The van der Waals surface area contributed by atoms with Crippen molar-refractivity contribution in [1.82, 2.24) is 29.5 Å². The third-order valence-corrected chi connectivity index (χ3v) is 5.82. The van der Waals surface area contributed by atoms with Gasteiger partial charge in [-0.2, -0.15) is 0 Å². The Morgan fingerprint density at radius 2 is 1.74 bits per heavy atom. The number of benzene rings is 1. The van der Waals surface area contributed by atoms with Gasteiger partial charge in [0.1, 0.15) is 12.7 Å². The number of rotatable bonds is 4. The molecule has 4 rings (SSSR count). The monoisotopic (exact) mass is 368 g/mol. The van der Waals surface area contributed by atoms with E-state index >= 15 is 0 Å². The van der Waals surface area contributed by atoms with Crippen molar-refractivity contribution < 1.29 is 4.79 Å². The van der Waals surface area contributed by atoms with E-state index < -0.39 is 0 Å². The summed E-state index contributed by atoms with van der Waals surface area (Å²) in [5, 5.41) is 7.67. The van der Waals surface area contributed by atoms with E-state index in [-0.39, 0.29) is 5.91 Å². The Balaban J connectivity index is 1.32. The Labute approximate surface area is 160 Å². The van der Waals surface area contributed by atoms with Gasteiger partial charge in [-0.05, 0) is 57.1 Å². The van der Waals surface area contributed by atoms with Gasteiger partial charge in [-0.1, -0.05) is 6.07 Å². The predicted octanol–water partition coefficient (Wildman–Crippen LogP) is 1.37. The zero-order valence-corrected chi connectivity index (χ0v) is 16.0. The van der Waals surface area contributed by atoms with E-state index in [1.807, 2.05) is 33.7 Å². The number of likely N-dealkylation sites (tertiary alicyclic amines) is 1. The van der Waals surface area contributed by atoms with Crippen molar-refractivity contribution in [3.63, 3.8) is 0 Å². The van der Waals surface area contributed by atoms with Crippen molar-refractivity contribution in [2.75, 3.05) is 52.9 Å². The fourth-order valence-electron chi connectivity index (χ4n) is 4.06. The van der Waals surface area contributed by atoms with Crippen molar-refractivity contribution in [3.8, 4) is 5.69 Å². The SMILES string of the molecule is CN1CCC(CN2CCN(C(=O)c3cccc(-n4cnnc4)c3)CC2)CC1. The molecule has 1 amide bonds. The third-order valence-electron chi connectivity index (χ3n) is 5.82. The number of aromatic nitrogens is 3. The first-order chi connectivity index (χ1) is 13.2. The Hall–Kier alpha value is -2.25. The lowest BCUT2D eigenvalue weighted by Gasteiger charge is -2.38. The Kier molecular flexibility index (Phi) is 5.50. The molecule has 2 aliphatic rings. The number of piperidine rings is 1. The normalized spacial score (nSPS) is 20.1. The van der Waals surface area contributed by atoms with E-state index in [1.165, 1.54) is 32.5 Å². The molecule has 0 radical (unpaired) electrons. The van der Waals surface area contributed by atoms with Crippen LogP contribution in [0.5, 0.6) is 0 Å². The van der Waals surface area contributed by atoms with E-state index in [0.717, 1.165) is 43.3 Å². The number of carbonyl (C=O) groups is 1. The molecule has 7 nitrogen and oxygen atoms in total. The lowest BCUT2D eigenvalue weighted by atomic mass is 9.96. The first-order valence-electron chi connectivity index (χ1n) is 9.84. The molecule has 0 N–H and O–H groups in total. The van der Waals surface area contributed by atoms with Crippen LogP contribution in [0.4, 0.5) is 0 Å². The van der Waals surface area contributed by atoms with Crippen molar-refractivity contribution in [2.24, 2.45) is 5.92 Å². The molecule has 1 aromatic carbocycles. The molecule has 2 aromatic rings. The van der Waals surface area contributed by atoms with E-state index in [1.54, 1.807) is 12.7 Å². The smallest absolute Gasteiger partial charge is 0.254 e. The van der Waals surface area contributed by atoms with Crippen LogP contribution in [0, 0.1) is 5.92 Å². The van der Waals surface area contributed by atoms with Gasteiger partial charge in [0, 0.05) is 44.0 Å². The molecular formula is C20H28N6O. The molecule has 0 saturated carbocycles. The standard InChI is InChI=1S/C20H28N6O/c1-23-7-5-17(6-8-23)14-24-9-11-25(12-10-24)20(27)18-3-2-4-19(13-18)26-15-21-22-16-26/h2-4,13,15-17H,5-12,14H2,1H3. The summed E-state index contributed by atoms with van der Waals surface area (Å²) in [7, 11) is 2.21. The highest BCUT2D eigenvalue weighted by molar-refractivity contribution is 5.94. The fraction of sp³-hybridized carbons (Fsp3) is 0.550. The zero-order valence-electron chi connectivity index (χ0n) is 16.0. The van der Waals surface area contributed by atoms with Crippen molar-refractivity contribution in [2.45, 2.75) is 12.8 Å². The molecular weight excluding hydrogens is 340 g/mol. The molecule has 144 valence electrons. The van der Waals surface area contributed by atoms with Crippen LogP contribution in [-0.4, -0.2) is 88.2 Å². The van der Waals surface area contributed by atoms with E-state index in [2.05, 4.69) is 27.0 Å². The van der Waals surface area contributed by atoms with E-state index in [4.69, 9.17) is 0 Å². The maximum atomic E-state index is 12.9. The summed E-state index contributed by atoms with van der Waals surface area (Å²) < 4.78 is 1.82. The van der Waals surface area contributed by atoms with Gasteiger partial charge in [-0.15, -0.1) is 10.2 Å². The molecule has 2 fully saturated rings. The van der Waals surface area contributed by atoms with Gasteiger partial charge in [-0.3, -0.25) is 14.3 Å². The van der Waals surface area contributed by atoms with Crippen LogP contribution in [0.3, 0.4) is 0 Å². The zero-order chi connectivity index (χ0) is 18.6. The summed E-state index contributed by atoms with van der Waals surface area (Å²) in [6, 6.07) is 7.68. The van der Waals surface area contributed by atoms with Gasteiger partial charge in [-0.25, -0.2) is 0 Å². The second-order valence-corrected chi connectivity index (χ2v) is 7.76. The second kappa shape index (κ2) is 8.19.